The van der Waals surface area contributed by atoms with Crippen LogP contribution in [0.25, 0.3) is 23.1 Å². The Labute approximate surface area is 101 Å². The van der Waals surface area contributed by atoms with E-state index in [9.17, 15) is 10.2 Å². The van der Waals surface area contributed by atoms with E-state index in [-0.39, 0.29) is 28.8 Å². The molecule has 0 unspecified atom stereocenters. The van der Waals surface area contributed by atoms with Gasteiger partial charge in [0.2, 0.25) is 5.82 Å². The van der Waals surface area contributed by atoms with E-state index in [2.05, 4.69) is 20.1 Å². The van der Waals surface area contributed by atoms with Crippen LogP contribution < -0.4 is 0 Å². The van der Waals surface area contributed by atoms with Crippen molar-refractivity contribution in [2.24, 2.45) is 0 Å². The van der Waals surface area contributed by atoms with Gasteiger partial charge in [-0.25, -0.2) is 4.98 Å². The fourth-order valence-corrected chi connectivity index (χ4v) is 1.52. The first kappa shape index (κ1) is 10.3. The van der Waals surface area contributed by atoms with E-state index in [0.717, 1.165) is 0 Å². The van der Waals surface area contributed by atoms with Crippen LogP contribution >= 0.6 is 0 Å². The minimum atomic E-state index is -0.299. The van der Waals surface area contributed by atoms with Crippen molar-refractivity contribution in [1.82, 2.24) is 20.1 Å². The lowest BCUT2D eigenvalue weighted by Gasteiger charge is -2.00. The summed E-state index contributed by atoms with van der Waals surface area (Å²) in [6, 6.07) is 4.50. The number of H-pyrrole nitrogens is 1. The molecule has 0 radical (unpaired) electrons. The van der Waals surface area contributed by atoms with Gasteiger partial charge in [-0.2, -0.15) is 4.98 Å². The molecule has 0 atom stereocenters. The summed E-state index contributed by atoms with van der Waals surface area (Å²) < 4.78 is 5.02. The molecule has 1 aromatic carbocycles. The van der Waals surface area contributed by atoms with Crippen molar-refractivity contribution in [3.8, 4) is 34.6 Å². The summed E-state index contributed by atoms with van der Waals surface area (Å²) in [5.74, 6) is 0.301. The second kappa shape index (κ2) is 3.88. The van der Waals surface area contributed by atoms with Gasteiger partial charge in [-0.3, -0.25) is 0 Å². The molecular weight excluding hydrogens is 236 g/mol. The number of hydrogen-bond acceptors (Lipinski definition) is 6. The van der Waals surface area contributed by atoms with Crippen LogP contribution in [0.1, 0.15) is 0 Å². The third kappa shape index (κ3) is 1.58. The molecule has 0 amide bonds. The molecule has 90 valence electrons. The number of aromatic nitrogens is 4. The molecule has 7 heteroatoms. The molecular formula is C11H8N4O3. The van der Waals surface area contributed by atoms with Gasteiger partial charge in [-0.1, -0.05) is 11.2 Å². The summed E-state index contributed by atoms with van der Waals surface area (Å²) in [6.45, 7) is 0. The van der Waals surface area contributed by atoms with Crippen molar-refractivity contribution >= 4 is 0 Å². The number of benzene rings is 1. The second-order valence-electron chi connectivity index (χ2n) is 3.53. The fourth-order valence-electron chi connectivity index (χ4n) is 1.52. The number of aromatic hydroxyl groups is 2. The van der Waals surface area contributed by atoms with Crippen molar-refractivity contribution in [1.29, 1.82) is 0 Å². The standard InChI is InChI=1S/C11H8N4O3/c16-7-3-1-2-6(8(7)17)11-14-10(15-18-11)9-12-4-5-13-9/h1-5,16-17H,(H,12,13). The van der Waals surface area contributed by atoms with Crippen LogP contribution in [0.2, 0.25) is 0 Å². The van der Waals surface area contributed by atoms with Gasteiger partial charge in [-0.05, 0) is 12.1 Å². The smallest absolute Gasteiger partial charge is 0.262 e. The van der Waals surface area contributed by atoms with E-state index in [4.69, 9.17) is 4.52 Å². The monoisotopic (exact) mass is 244 g/mol. The number of para-hydroxylation sites is 1. The maximum absolute atomic E-state index is 9.69. The van der Waals surface area contributed by atoms with Gasteiger partial charge >= 0.3 is 0 Å². The molecule has 0 spiro atoms. The van der Waals surface area contributed by atoms with Gasteiger partial charge in [0.05, 0.1) is 5.56 Å². The molecule has 3 rings (SSSR count). The molecule has 0 bridgehead atoms. The Bertz CT molecular complexity index is 675. The average molecular weight is 244 g/mol. The minimum absolute atomic E-state index is 0.106. The average Bonchev–Trinajstić information content (AvgIpc) is 3.01. The number of hydrogen-bond donors (Lipinski definition) is 3. The van der Waals surface area contributed by atoms with Gasteiger partial charge in [0.1, 0.15) is 0 Å². The Hall–Kier alpha value is -2.83. The fraction of sp³-hybridized carbons (Fsp3) is 0. The lowest BCUT2D eigenvalue weighted by molar-refractivity contribution is 0.397. The van der Waals surface area contributed by atoms with Crippen molar-refractivity contribution in [2.45, 2.75) is 0 Å². The number of phenols is 2. The highest BCUT2D eigenvalue weighted by Crippen LogP contribution is 2.35. The highest BCUT2D eigenvalue weighted by molar-refractivity contribution is 5.67. The molecule has 3 aromatic rings. The van der Waals surface area contributed by atoms with Gasteiger partial charge in [0.25, 0.3) is 5.89 Å². The van der Waals surface area contributed by atoms with Crippen molar-refractivity contribution < 1.29 is 14.7 Å². The number of rotatable bonds is 2. The molecule has 3 N–H and O–H groups in total. The predicted octanol–water partition coefficient (Wildman–Crippen LogP) is 1.54. The number of aromatic amines is 1. The van der Waals surface area contributed by atoms with Crippen molar-refractivity contribution in [3.05, 3.63) is 30.6 Å². The highest BCUT2D eigenvalue weighted by Gasteiger charge is 2.16. The first-order chi connectivity index (χ1) is 8.75. The summed E-state index contributed by atoms with van der Waals surface area (Å²) in [4.78, 5) is 10.9. The largest absolute Gasteiger partial charge is 0.504 e. The molecule has 18 heavy (non-hydrogen) atoms. The quantitative estimate of drug-likeness (QED) is 0.590. The zero-order valence-electron chi connectivity index (χ0n) is 9.03. The zero-order valence-corrected chi connectivity index (χ0v) is 9.03. The molecule has 0 aliphatic heterocycles. The van der Waals surface area contributed by atoms with E-state index >= 15 is 0 Å². The number of phenolic OH excluding ortho intramolecular Hbond substituents is 2. The van der Waals surface area contributed by atoms with E-state index in [0.29, 0.717) is 5.82 Å². The Morgan fingerprint density at radius 3 is 2.89 bits per heavy atom. The van der Waals surface area contributed by atoms with Crippen molar-refractivity contribution in [2.75, 3.05) is 0 Å². The molecule has 0 fully saturated rings. The van der Waals surface area contributed by atoms with Gasteiger partial charge in [-0.15, -0.1) is 0 Å². The first-order valence-corrected chi connectivity index (χ1v) is 5.10. The number of nitrogens with zero attached hydrogens (tertiary/aromatic N) is 3. The SMILES string of the molecule is Oc1cccc(-c2nc(-c3ncc[nH]3)no2)c1O. The summed E-state index contributed by atoms with van der Waals surface area (Å²) in [6.07, 6.45) is 3.20. The molecule has 0 saturated carbocycles. The number of imidazole rings is 1. The lowest BCUT2D eigenvalue weighted by Crippen LogP contribution is -1.83. The number of nitrogens with one attached hydrogen (secondary N) is 1. The van der Waals surface area contributed by atoms with Crippen LogP contribution in [0.3, 0.4) is 0 Å². The third-order valence-electron chi connectivity index (χ3n) is 2.38. The van der Waals surface area contributed by atoms with E-state index in [1.54, 1.807) is 24.5 Å². The van der Waals surface area contributed by atoms with Crippen LogP contribution in [0.4, 0.5) is 0 Å². The van der Waals surface area contributed by atoms with Crippen LogP contribution in [0.15, 0.2) is 35.1 Å². The van der Waals surface area contributed by atoms with E-state index in [1.165, 1.54) is 6.07 Å². The molecule has 2 aromatic heterocycles. The Morgan fingerprint density at radius 2 is 2.11 bits per heavy atom. The Morgan fingerprint density at radius 1 is 1.22 bits per heavy atom. The van der Waals surface area contributed by atoms with Crippen LogP contribution in [-0.2, 0) is 0 Å². The maximum Gasteiger partial charge on any atom is 0.262 e. The molecule has 0 aliphatic rings. The molecule has 0 saturated heterocycles. The van der Waals surface area contributed by atoms with Gasteiger partial charge in [0, 0.05) is 12.4 Å². The van der Waals surface area contributed by atoms with Crippen LogP contribution in [-0.4, -0.2) is 30.3 Å². The summed E-state index contributed by atoms with van der Waals surface area (Å²) >= 11 is 0. The maximum atomic E-state index is 9.69. The van der Waals surface area contributed by atoms with Crippen molar-refractivity contribution in [3.63, 3.8) is 0 Å². The molecule has 2 heterocycles. The molecule has 0 aliphatic carbocycles. The Kier molecular flexibility index (Phi) is 2.23. The van der Waals surface area contributed by atoms with Gasteiger partial charge < -0.3 is 19.7 Å². The van der Waals surface area contributed by atoms with E-state index in [1.807, 2.05) is 0 Å². The third-order valence-corrected chi connectivity index (χ3v) is 2.38. The minimum Gasteiger partial charge on any atom is -0.504 e. The van der Waals surface area contributed by atoms with Crippen LogP contribution in [0.5, 0.6) is 11.5 Å². The van der Waals surface area contributed by atoms with Crippen LogP contribution in [0, 0.1) is 0 Å². The lowest BCUT2D eigenvalue weighted by atomic mass is 10.2. The van der Waals surface area contributed by atoms with E-state index < -0.39 is 0 Å². The summed E-state index contributed by atoms with van der Waals surface area (Å²) in [7, 11) is 0. The Balaban J connectivity index is 2.06. The predicted molar refractivity (Wildman–Crippen MR) is 60.6 cm³/mol. The first-order valence-electron chi connectivity index (χ1n) is 5.10. The topological polar surface area (TPSA) is 108 Å². The second-order valence-corrected chi connectivity index (χ2v) is 3.53. The van der Waals surface area contributed by atoms with Gasteiger partial charge in [0.15, 0.2) is 17.3 Å². The normalized spacial score (nSPS) is 10.7. The zero-order chi connectivity index (χ0) is 12.5. The highest BCUT2D eigenvalue weighted by atomic mass is 16.5. The summed E-state index contributed by atoms with van der Waals surface area (Å²) in [5.41, 5.74) is 0.264. The molecule has 7 nitrogen and oxygen atoms in total. The summed E-state index contributed by atoms with van der Waals surface area (Å²) in [5, 5.41) is 22.8.